The first kappa shape index (κ1) is 23.5. The first-order valence-corrected chi connectivity index (χ1v) is 11.1. The number of pyridine rings is 1. The lowest BCUT2D eigenvalue weighted by atomic mass is 10.1. The van der Waals surface area contributed by atoms with Crippen LogP contribution in [0.2, 0.25) is 0 Å². The van der Waals surface area contributed by atoms with Crippen LogP contribution in [0, 0.1) is 11.8 Å². The number of amides is 3. The van der Waals surface area contributed by atoms with E-state index in [0.717, 1.165) is 5.56 Å². The number of ether oxygens (including phenoxy) is 1. The molecule has 176 valence electrons. The van der Waals surface area contributed by atoms with Gasteiger partial charge in [-0.1, -0.05) is 30.0 Å². The van der Waals surface area contributed by atoms with Gasteiger partial charge in [-0.05, 0) is 48.5 Å². The second-order valence-electron chi connectivity index (χ2n) is 7.83. The number of piperazine rings is 1. The van der Waals surface area contributed by atoms with Gasteiger partial charge < -0.3 is 19.9 Å². The highest BCUT2D eigenvalue weighted by atomic mass is 16.5. The van der Waals surface area contributed by atoms with Crippen molar-refractivity contribution in [1.82, 2.24) is 14.8 Å². The second-order valence-corrected chi connectivity index (χ2v) is 7.83. The molecule has 8 nitrogen and oxygen atoms in total. The van der Waals surface area contributed by atoms with Crippen LogP contribution in [-0.4, -0.2) is 66.0 Å². The van der Waals surface area contributed by atoms with Crippen LogP contribution in [0.5, 0.6) is 0 Å². The summed E-state index contributed by atoms with van der Waals surface area (Å²) in [6.45, 7) is 1.75. The third kappa shape index (κ3) is 6.03. The topological polar surface area (TPSA) is 91.8 Å². The van der Waals surface area contributed by atoms with Gasteiger partial charge in [-0.15, -0.1) is 0 Å². The van der Waals surface area contributed by atoms with Crippen molar-refractivity contribution in [3.8, 4) is 11.8 Å². The molecule has 35 heavy (non-hydrogen) atoms. The Bertz CT molecular complexity index is 1290. The molecule has 4 rings (SSSR count). The van der Waals surface area contributed by atoms with E-state index in [-0.39, 0.29) is 11.9 Å². The highest BCUT2D eigenvalue weighted by Gasteiger charge is 2.25. The van der Waals surface area contributed by atoms with E-state index in [2.05, 4.69) is 22.1 Å². The van der Waals surface area contributed by atoms with E-state index in [1.54, 1.807) is 64.5 Å². The summed E-state index contributed by atoms with van der Waals surface area (Å²) in [7, 11) is 1.34. The van der Waals surface area contributed by atoms with Crippen LogP contribution in [0.25, 0.3) is 0 Å². The molecule has 1 aromatic heterocycles. The third-order valence-corrected chi connectivity index (χ3v) is 5.49. The van der Waals surface area contributed by atoms with Gasteiger partial charge >= 0.3 is 12.0 Å². The Morgan fingerprint density at radius 1 is 0.857 bits per heavy atom. The summed E-state index contributed by atoms with van der Waals surface area (Å²) in [4.78, 5) is 44.5. The zero-order valence-corrected chi connectivity index (χ0v) is 19.2. The molecule has 0 spiro atoms. The van der Waals surface area contributed by atoms with E-state index < -0.39 is 5.97 Å². The zero-order valence-electron chi connectivity index (χ0n) is 19.2. The van der Waals surface area contributed by atoms with E-state index in [1.807, 2.05) is 18.2 Å². The minimum Gasteiger partial charge on any atom is -0.465 e. The van der Waals surface area contributed by atoms with E-state index in [4.69, 9.17) is 4.74 Å². The van der Waals surface area contributed by atoms with Gasteiger partial charge in [0.05, 0.1) is 12.7 Å². The average molecular weight is 469 g/mol. The van der Waals surface area contributed by atoms with Crippen LogP contribution in [0.3, 0.4) is 0 Å². The van der Waals surface area contributed by atoms with Gasteiger partial charge in [0.2, 0.25) is 0 Å². The molecule has 0 radical (unpaired) electrons. The number of benzene rings is 2. The average Bonchev–Trinajstić information content (AvgIpc) is 2.92. The van der Waals surface area contributed by atoms with Gasteiger partial charge in [0, 0.05) is 49.2 Å². The van der Waals surface area contributed by atoms with Gasteiger partial charge in [-0.2, -0.15) is 0 Å². The van der Waals surface area contributed by atoms with Crippen molar-refractivity contribution < 1.29 is 19.1 Å². The summed E-state index contributed by atoms with van der Waals surface area (Å²) in [5.74, 6) is 5.54. The number of urea groups is 1. The Morgan fingerprint density at radius 3 is 2.23 bits per heavy atom. The lowest BCUT2D eigenvalue weighted by Gasteiger charge is -2.34. The molecule has 2 heterocycles. The monoisotopic (exact) mass is 468 g/mol. The van der Waals surface area contributed by atoms with Gasteiger partial charge in [0.15, 0.2) is 0 Å². The largest absolute Gasteiger partial charge is 0.465 e. The molecule has 0 aliphatic carbocycles. The molecular formula is C27H24N4O4. The van der Waals surface area contributed by atoms with Gasteiger partial charge in [-0.25, -0.2) is 9.59 Å². The number of hydrogen-bond donors (Lipinski definition) is 1. The highest BCUT2D eigenvalue weighted by molar-refractivity contribution is 5.93. The van der Waals surface area contributed by atoms with E-state index in [0.29, 0.717) is 48.7 Å². The Balaban J connectivity index is 1.35. The number of carbonyl (C=O) groups is 3. The molecule has 3 aromatic rings. The van der Waals surface area contributed by atoms with Crippen LogP contribution in [0.15, 0.2) is 72.9 Å². The fourth-order valence-electron chi connectivity index (χ4n) is 3.63. The van der Waals surface area contributed by atoms with Crippen molar-refractivity contribution in [3.05, 3.63) is 95.3 Å². The van der Waals surface area contributed by atoms with Crippen molar-refractivity contribution in [2.75, 3.05) is 38.6 Å². The van der Waals surface area contributed by atoms with Crippen molar-refractivity contribution in [3.63, 3.8) is 0 Å². The summed E-state index contributed by atoms with van der Waals surface area (Å²) in [5, 5.41) is 2.90. The molecule has 3 amide bonds. The molecule has 1 saturated heterocycles. The molecule has 1 aliphatic heterocycles. The van der Waals surface area contributed by atoms with Crippen molar-refractivity contribution >= 4 is 23.6 Å². The third-order valence-electron chi connectivity index (χ3n) is 5.49. The first-order chi connectivity index (χ1) is 17.0. The maximum Gasteiger partial charge on any atom is 0.337 e. The first-order valence-electron chi connectivity index (χ1n) is 11.1. The lowest BCUT2D eigenvalue weighted by molar-refractivity contribution is 0.0600. The van der Waals surface area contributed by atoms with E-state index >= 15 is 0 Å². The Kier molecular flexibility index (Phi) is 7.38. The highest BCUT2D eigenvalue weighted by Crippen LogP contribution is 2.13. The normalized spacial score (nSPS) is 12.8. The molecule has 0 unspecified atom stereocenters. The number of nitrogens with one attached hydrogen (secondary N) is 1. The Hall–Kier alpha value is -4.64. The van der Waals surface area contributed by atoms with Crippen LogP contribution < -0.4 is 5.32 Å². The minimum absolute atomic E-state index is 0.131. The molecular weight excluding hydrogens is 444 g/mol. The van der Waals surface area contributed by atoms with Gasteiger partial charge in [-0.3, -0.25) is 9.78 Å². The smallest absolute Gasteiger partial charge is 0.337 e. The molecule has 1 aliphatic rings. The van der Waals surface area contributed by atoms with Crippen LogP contribution >= 0.6 is 0 Å². The number of esters is 1. The van der Waals surface area contributed by atoms with Crippen molar-refractivity contribution in [1.29, 1.82) is 0 Å². The predicted octanol–water partition coefficient (Wildman–Crippen LogP) is 3.26. The molecule has 0 saturated carbocycles. The van der Waals surface area contributed by atoms with Crippen LogP contribution in [0.4, 0.5) is 10.5 Å². The number of hydrogen-bond acceptors (Lipinski definition) is 5. The minimum atomic E-state index is -0.416. The quantitative estimate of drug-likeness (QED) is 0.471. The Labute approximate surface area is 203 Å². The van der Waals surface area contributed by atoms with Gasteiger partial charge in [0.25, 0.3) is 5.91 Å². The van der Waals surface area contributed by atoms with Crippen LogP contribution in [-0.2, 0) is 4.74 Å². The van der Waals surface area contributed by atoms with Crippen molar-refractivity contribution in [2.45, 2.75) is 0 Å². The predicted molar refractivity (Wildman–Crippen MR) is 131 cm³/mol. The number of carbonyl (C=O) groups excluding carboxylic acids is 3. The second kappa shape index (κ2) is 11.0. The number of rotatable bonds is 3. The standard InChI is InChI=1S/C27H24N4O4/c1-35-26(33)22-8-4-6-20(18-22)11-12-21-7-5-9-23(19-21)29-27(34)31-16-14-30(15-17-31)25(32)24-10-2-3-13-28-24/h2-10,13,18-19H,14-17H2,1H3,(H,29,34). The summed E-state index contributed by atoms with van der Waals surface area (Å²) < 4.78 is 4.74. The molecule has 1 N–H and O–H groups in total. The summed E-state index contributed by atoms with van der Waals surface area (Å²) in [6.07, 6.45) is 1.59. The lowest BCUT2D eigenvalue weighted by Crippen LogP contribution is -2.51. The van der Waals surface area contributed by atoms with E-state index in [1.165, 1.54) is 7.11 Å². The molecule has 1 fully saturated rings. The summed E-state index contributed by atoms with van der Waals surface area (Å²) in [5.41, 5.74) is 2.86. The fourth-order valence-corrected chi connectivity index (χ4v) is 3.63. The number of nitrogens with zero attached hydrogens (tertiary/aromatic N) is 3. The Morgan fingerprint density at radius 2 is 1.54 bits per heavy atom. The maximum atomic E-state index is 12.8. The van der Waals surface area contributed by atoms with Gasteiger partial charge in [0.1, 0.15) is 5.69 Å². The number of anilines is 1. The molecule has 2 aromatic carbocycles. The zero-order chi connectivity index (χ0) is 24.6. The number of methoxy groups -OCH3 is 1. The molecule has 8 heteroatoms. The van der Waals surface area contributed by atoms with Crippen molar-refractivity contribution in [2.24, 2.45) is 0 Å². The maximum absolute atomic E-state index is 12.8. The van der Waals surface area contributed by atoms with E-state index in [9.17, 15) is 14.4 Å². The number of aromatic nitrogens is 1. The summed E-state index contributed by atoms with van der Waals surface area (Å²) in [6, 6.07) is 19.1. The fraction of sp³-hybridized carbons (Fsp3) is 0.185. The summed E-state index contributed by atoms with van der Waals surface area (Å²) >= 11 is 0. The molecule has 0 atom stereocenters. The van der Waals surface area contributed by atoms with Crippen LogP contribution in [0.1, 0.15) is 32.0 Å². The molecule has 0 bridgehead atoms. The SMILES string of the molecule is COC(=O)c1cccc(C#Cc2cccc(NC(=O)N3CCN(C(=O)c4ccccn4)CC3)c2)c1.